The van der Waals surface area contributed by atoms with Gasteiger partial charge in [-0.15, -0.1) is 0 Å². The Hall–Kier alpha value is -5.62. The highest BCUT2D eigenvalue weighted by Gasteiger charge is 2.52. The zero-order valence-corrected chi connectivity index (χ0v) is 22.5. The number of ether oxygens (including phenoxy) is 4. The molecule has 12 heteroatoms. The summed E-state index contributed by atoms with van der Waals surface area (Å²) in [4.78, 5) is 68.8. The number of ketones is 1. The molecule has 0 spiro atoms. The summed E-state index contributed by atoms with van der Waals surface area (Å²) in [7, 11) is 0. The maximum absolute atomic E-state index is 13.7. The van der Waals surface area contributed by atoms with Crippen molar-refractivity contribution in [3.8, 4) is 0 Å². The van der Waals surface area contributed by atoms with Crippen LogP contribution in [0.3, 0.4) is 0 Å². The van der Waals surface area contributed by atoms with Crippen molar-refractivity contribution in [3.63, 3.8) is 0 Å². The molecule has 4 unspecified atom stereocenters. The van der Waals surface area contributed by atoms with Gasteiger partial charge in [-0.25, -0.2) is 19.2 Å². The first-order valence-electron chi connectivity index (χ1n) is 13.1. The number of benzene rings is 3. The van der Waals surface area contributed by atoms with Gasteiger partial charge in [-0.05, 0) is 42.5 Å². The Morgan fingerprint density at radius 3 is 1.88 bits per heavy atom. The fraction of sp³-hybridized carbons (Fsp3) is 0.161. The van der Waals surface area contributed by atoms with Crippen molar-refractivity contribution in [2.75, 3.05) is 12.3 Å². The number of nitrogen functional groups attached to an aromatic ring is 1. The Morgan fingerprint density at radius 1 is 0.791 bits per heavy atom. The maximum Gasteiger partial charge on any atom is 0.351 e. The second-order valence-electron chi connectivity index (χ2n) is 9.36. The van der Waals surface area contributed by atoms with Crippen LogP contribution in [-0.2, 0) is 23.7 Å². The van der Waals surface area contributed by atoms with Crippen LogP contribution in [0, 0.1) is 0 Å². The summed E-state index contributed by atoms with van der Waals surface area (Å²) in [5.41, 5.74) is 5.22. The van der Waals surface area contributed by atoms with E-state index in [-0.39, 0.29) is 22.5 Å². The van der Waals surface area contributed by atoms with Gasteiger partial charge >= 0.3 is 23.6 Å². The number of carbonyl (C=O) groups excluding carboxylic acids is 4. The molecule has 1 aromatic heterocycles. The van der Waals surface area contributed by atoms with E-state index in [9.17, 15) is 24.0 Å². The van der Waals surface area contributed by atoms with E-state index >= 15 is 0 Å². The lowest BCUT2D eigenvalue weighted by atomic mass is 10.1. The third-order valence-electron chi connectivity index (χ3n) is 6.48. The first-order chi connectivity index (χ1) is 20.8. The van der Waals surface area contributed by atoms with E-state index in [0.717, 1.165) is 4.57 Å². The minimum atomic E-state index is -1.67. The van der Waals surface area contributed by atoms with Gasteiger partial charge in [-0.3, -0.25) is 9.36 Å². The molecule has 43 heavy (non-hydrogen) atoms. The predicted molar refractivity (Wildman–Crippen MR) is 150 cm³/mol. The lowest BCUT2D eigenvalue weighted by Crippen LogP contribution is -2.45. The monoisotopic (exact) mass is 583 g/mol. The molecule has 2 heterocycles. The summed E-state index contributed by atoms with van der Waals surface area (Å²) in [5, 5.41) is 0. The summed E-state index contributed by atoms with van der Waals surface area (Å²) in [6.45, 7) is -0.578. The molecule has 4 aromatic rings. The van der Waals surface area contributed by atoms with Crippen molar-refractivity contribution in [1.82, 2.24) is 9.55 Å². The van der Waals surface area contributed by atoms with Crippen molar-refractivity contribution < 1.29 is 38.1 Å². The molecular formula is C31H25N3O9. The highest BCUT2D eigenvalue weighted by Crippen LogP contribution is 2.31. The molecule has 218 valence electrons. The Balaban J connectivity index is 1.49. The van der Waals surface area contributed by atoms with E-state index < -0.39 is 60.5 Å². The van der Waals surface area contributed by atoms with Crippen LogP contribution in [0.4, 0.5) is 5.82 Å². The van der Waals surface area contributed by atoms with Gasteiger partial charge in [0.1, 0.15) is 18.5 Å². The van der Waals surface area contributed by atoms with Gasteiger partial charge in [0.25, 0.3) is 0 Å². The van der Waals surface area contributed by atoms with Gasteiger partial charge in [-0.2, -0.15) is 4.98 Å². The minimum absolute atomic E-state index is 0.0854. The number of carbonyl (C=O) groups is 4. The number of hydrogen-bond donors (Lipinski definition) is 1. The van der Waals surface area contributed by atoms with Gasteiger partial charge in [0.15, 0.2) is 12.2 Å². The number of aromatic nitrogens is 2. The number of nitrogens with zero attached hydrogens (tertiary/aromatic N) is 2. The number of rotatable bonds is 9. The molecule has 3 aromatic carbocycles. The molecule has 1 aliphatic rings. The van der Waals surface area contributed by atoms with Gasteiger partial charge in [0.2, 0.25) is 12.0 Å². The zero-order chi connectivity index (χ0) is 30.3. The van der Waals surface area contributed by atoms with Crippen LogP contribution in [0.5, 0.6) is 0 Å². The van der Waals surface area contributed by atoms with Crippen LogP contribution in [0.25, 0.3) is 0 Å². The van der Waals surface area contributed by atoms with Crippen molar-refractivity contribution in [2.45, 2.75) is 24.5 Å². The largest absolute Gasteiger partial charge is 0.458 e. The number of nitrogens with two attached hydrogens (primary N) is 1. The highest BCUT2D eigenvalue weighted by molar-refractivity contribution is 5.95. The van der Waals surface area contributed by atoms with Gasteiger partial charge < -0.3 is 24.7 Å². The highest BCUT2D eigenvalue weighted by atomic mass is 16.6. The summed E-state index contributed by atoms with van der Waals surface area (Å²) < 4.78 is 23.6. The van der Waals surface area contributed by atoms with E-state index in [1.165, 1.54) is 48.7 Å². The number of anilines is 1. The van der Waals surface area contributed by atoms with Crippen molar-refractivity contribution >= 4 is 29.5 Å². The van der Waals surface area contributed by atoms with Gasteiger partial charge in [0.05, 0.1) is 16.7 Å². The molecule has 1 saturated heterocycles. The molecule has 0 aliphatic carbocycles. The first kappa shape index (κ1) is 28.9. The lowest BCUT2D eigenvalue weighted by Gasteiger charge is -2.26. The van der Waals surface area contributed by atoms with E-state index in [0.29, 0.717) is 0 Å². The third-order valence-corrected chi connectivity index (χ3v) is 6.48. The van der Waals surface area contributed by atoms with Crippen molar-refractivity contribution in [3.05, 3.63) is 130 Å². The molecule has 0 bridgehead atoms. The topological polar surface area (TPSA) is 166 Å². The summed E-state index contributed by atoms with van der Waals surface area (Å²) in [5.74, 6) is -3.35. The van der Waals surface area contributed by atoms with Crippen LogP contribution in [0.15, 0.2) is 108 Å². The van der Waals surface area contributed by atoms with E-state index in [1.807, 2.05) is 0 Å². The van der Waals surface area contributed by atoms with Crippen LogP contribution in [0.1, 0.15) is 37.3 Å². The number of esters is 3. The minimum Gasteiger partial charge on any atom is -0.458 e. The fourth-order valence-corrected chi connectivity index (χ4v) is 4.35. The van der Waals surface area contributed by atoms with Gasteiger partial charge in [-0.1, -0.05) is 54.6 Å². The second kappa shape index (κ2) is 12.9. The normalized spacial score (nSPS) is 18.4. The van der Waals surface area contributed by atoms with Crippen molar-refractivity contribution in [2.24, 2.45) is 0 Å². The predicted octanol–water partition coefficient (Wildman–Crippen LogP) is 2.60. The molecule has 2 N–H and O–H groups in total. The number of Topliss-reactive ketones (excluding diaryl/α,β-unsaturated/α-hetero) is 1. The summed E-state index contributed by atoms with van der Waals surface area (Å²) in [6.07, 6.45) is -5.05. The molecule has 1 aliphatic heterocycles. The average molecular weight is 584 g/mol. The first-order valence-corrected chi connectivity index (χ1v) is 13.1. The standard InChI is InChI=1S/C31H25N3O9/c32-23-16-17-34(31(39)33-23)27-24(35)26(43-30(38)21-14-8-3-9-15-21)25(42-27)22(41-29(37)20-12-6-2-7-13-20)18-40-28(36)19-10-4-1-5-11-19/h1-17,22,25-27H,18H2,(H2,32,33,39). The Kier molecular flexibility index (Phi) is 8.68. The fourth-order valence-electron chi connectivity index (χ4n) is 4.35. The molecule has 4 atom stereocenters. The van der Waals surface area contributed by atoms with Crippen LogP contribution < -0.4 is 11.4 Å². The maximum atomic E-state index is 13.7. The van der Waals surface area contributed by atoms with E-state index in [4.69, 9.17) is 24.7 Å². The molecule has 0 saturated carbocycles. The molecule has 5 rings (SSSR count). The van der Waals surface area contributed by atoms with Crippen molar-refractivity contribution in [1.29, 1.82) is 0 Å². The smallest absolute Gasteiger partial charge is 0.351 e. The number of hydrogen-bond acceptors (Lipinski definition) is 11. The zero-order valence-electron chi connectivity index (χ0n) is 22.5. The summed E-state index contributed by atoms with van der Waals surface area (Å²) >= 11 is 0. The SMILES string of the molecule is Nc1ccn(C2OC(C(COC(=O)c3ccccc3)OC(=O)c3ccccc3)C(OC(=O)c3ccccc3)C2=O)c(=O)n1. The quantitative estimate of drug-likeness (QED) is 0.227. The average Bonchev–Trinajstić information content (AvgIpc) is 3.35. The van der Waals surface area contributed by atoms with E-state index in [1.54, 1.807) is 54.6 Å². The van der Waals surface area contributed by atoms with Crippen LogP contribution in [0.2, 0.25) is 0 Å². The van der Waals surface area contributed by atoms with Crippen LogP contribution >= 0.6 is 0 Å². The molecular weight excluding hydrogens is 558 g/mol. The summed E-state index contributed by atoms with van der Waals surface area (Å²) in [6, 6.07) is 25.2. The van der Waals surface area contributed by atoms with Crippen LogP contribution in [-0.4, -0.2) is 58.2 Å². The Morgan fingerprint density at radius 2 is 1.33 bits per heavy atom. The third kappa shape index (κ3) is 6.66. The molecule has 1 fully saturated rings. The lowest BCUT2D eigenvalue weighted by molar-refractivity contribution is -0.131. The molecule has 12 nitrogen and oxygen atoms in total. The van der Waals surface area contributed by atoms with Gasteiger partial charge in [0, 0.05) is 6.20 Å². The Labute approximate surface area is 244 Å². The molecule has 0 radical (unpaired) electrons. The molecule has 0 amide bonds. The van der Waals surface area contributed by atoms with E-state index in [2.05, 4.69) is 4.98 Å². The Bertz CT molecular complexity index is 1680. The second-order valence-corrected chi connectivity index (χ2v) is 9.36.